The van der Waals surface area contributed by atoms with E-state index in [9.17, 15) is 4.79 Å². The molecule has 0 aromatic carbocycles. The van der Waals surface area contributed by atoms with E-state index in [0.717, 1.165) is 24.9 Å². The molecule has 0 aliphatic carbocycles. The Kier molecular flexibility index (Phi) is 4.35. The zero-order valence-electron chi connectivity index (χ0n) is 14.4. The summed E-state index contributed by atoms with van der Waals surface area (Å²) in [5.41, 5.74) is 0.415. The van der Waals surface area contributed by atoms with Crippen LogP contribution in [0.4, 0.5) is 0 Å². The highest BCUT2D eigenvalue weighted by Crippen LogP contribution is 2.34. The summed E-state index contributed by atoms with van der Waals surface area (Å²) in [6, 6.07) is 3.72. The van der Waals surface area contributed by atoms with Crippen LogP contribution in [-0.4, -0.2) is 58.6 Å². The number of rotatable bonds is 3. The van der Waals surface area contributed by atoms with Crippen molar-refractivity contribution >= 4 is 5.91 Å². The fourth-order valence-corrected chi connectivity index (χ4v) is 3.68. The van der Waals surface area contributed by atoms with Crippen molar-refractivity contribution < 1.29 is 18.7 Å². The Morgan fingerprint density at radius 1 is 1.48 bits per heavy atom. The molecule has 134 valence electrons. The van der Waals surface area contributed by atoms with E-state index >= 15 is 0 Å². The van der Waals surface area contributed by atoms with Gasteiger partial charge >= 0.3 is 0 Å². The number of carbonyl (C=O) groups excluding carboxylic acids is 1. The van der Waals surface area contributed by atoms with Gasteiger partial charge in [0.05, 0.1) is 38.7 Å². The van der Waals surface area contributed by atoms with Crippen LogP contribution in [0.2, 0.25) is 0 Å². The number of aryl methyl sites for hydroxylation is 1. The van der Waals surface area contributed by atoms with Crippen molar-refractivity contribution in [1.29, 1.82) is 0 Å². The van der Waals surface area contributed by atoms with Gasteiger partial charge < -0.3 is 18.8 Å². The molecule has 1 spiro atoms. The first-order valence-corrected chi connectivity index (χ1v) is 8.72. The lowest BCUT2D eigenvalue weighted by Gasteiger charge is -2.31. The van der Waals surface area contributed by atoms with Gasteiger partial charge in [-0.15, -0.1) is 0 Å². The lowest BCUT2D eigenvalue weighted by molar-refractivity contribution is -0.0881. The second kappa shape index (κ2) is 6.65. The Morgan fingerprint density at radius 3 is 3.16 bits per heavy atom. The first-order valence-electron chi connectivity index (χ1n) is 8.72. The zero-order chi connectivity index (χ0) is 17.3. The number of furan rings is 1. The molecule has 0 N–H and O–H groups in total. The summed E-state index contributed by atoms with van der Waals surface area (Å²) in [7, 11) is 0. The molecule has 2 fully saturated rings. The lowest BCUT2D eigenvalue weighted by Crippen LogP contribution is -2.47. The molecule has 4 heterocycles. The van der Waals surface area contributed by atoms with Crippen molar-refractivity contribution in [2.24, 2.45) is 0 Å². The maximum atomic E-state index is 12.8. The summed E-state index contributed by atoms with van der Waals surface area (Å²) < 4.78 is 19.4. The van der Waals surface area contributed by atoms with Crippen LogP contribution >= 0.6 is 0 Å². The van der Waals surface area contributed by atoms with Crippen molar-refractivity contribution in [1.82, 2.24) is 14.7 Å². The maximum absolute atomic E-state index is 12.8. The van der Waals surface area contributed by atoms with Crippen LogP contribution < -0.4 is 0 Å². The van der Waals surface area contributed by atoms with Gasteiger partial charge in [0.2, 0.25) is 0 Å². The highest BCUT2D eigenvalue weighted by molar-refractivity contribution is 5.92. The van der Waals surface area contributed by atoms with E-state index in [0.29, 0.717) is 32.1 Å². The molecule has 0 radical (unpaired) electrons. The molecule has 0 saturated carbocycles. The van der Waals surface area contributed by atoms with Crippen molar-refractivity contribution in [3.05, 3.63) is 42.1 Å². The second-order valence-electron chi connectivity index (χ2n) is 6.90. The van der Waals surface area contributed by atoms with Gasteiger partial charge in [0, 0.05) is 24.5 Å². The van der Waals surface area contributed by atoms with Crippen LogP contribution in [0.15, 0.2) is 35.2 Å². The largest absolute Gasteiger partial charge is 0.459 e. The minimum atomic E-state index is -0.440. The fraction of sp³-hybridized carbons (Fsp3) is 0.556. The van der Waals surface area contributed by atoms with Crippen LogP contribution in [0.3, 0.4) is 0 Å². The number of hydrogen-bond donors (Lipinski definition) is 0. The highest BCUT2D eigenvalue weighted by Gasteiger charge is 2.44. The maximum Gasteiger partial charge on any atom is 0.290 e. The number of ether oxygens (including phenoxy) is 2. The summed E-state index contributed by atoms with van der Waals surface area (Å²) in [4.78, 5) is 14.6. The third-order valence-corrected chi connectivity index (χ3v) is 4.98. The van der Waals surface area contributed by atoms with E-state index in [2.05, 4.69) is 5.10 Å². The molecule has 1 amide bonds. The molecule has 2 saturated heterocycles. The number of hydrogen-bond acceptors (Lipinski definition) is 5. The quantitative estimate of drug-likeness (QED) is 0.849. The Labute approximate surface area is 146 Å². The van der Waals surface area contributed by atoms with E-state index in [1.54, 1.807) is 17.4 Å². The van der Waals surface area contributed by atoms with E-state index < -0.39 is 5.60 Å². The van der Waals surface area contributed by atoms with E-state index in [-0.39, 0.29) is 12.0 Å². The number of amides is 1. The summed E-state index contributed by atoms with van der Waals surface area (Å²) >= 11 is 0. The minimum absolute atomic E-state index is 0.0869. The smallest absolute Gasteiger partial charge is 0.290 e. The Balaban J connectivity index is 1.46. The fourth-order valence-electron chi connectivity index (χ4n) is 3.68. The van der Waals surface area contributed by atoms with Gasteiger partial charge in [-0.3, -0.25) is 9.48 Å². The predicted octanol–water partition coefficient (Wildman–Crippen LogP) is 1.87. The van der Waals surface area contributed by atoms with Gasteiger partial charge in [0.1, 0.15) is 5.60 Å². The Hall–Kier alpha value is -2.12. The molecule has 2 aliphatic heterocycles. The van der Waals surface area contributed by atoms with Crippen molar-refractivity contribution in [2.45, 2.75) is 38.0 Å². The van der Waals surface area contributed by atoms with Crippen molar-refractivity contribution in [2.75, 3.05) is 26.3 Å². The number of carbonyl (C=O) groups is 1. The molecule has 4 rings (SSSR count). The van der Waals surface area contributed by atoms with Gasteiger partial charge in [-0.05, 0) is 31.9 Å². The van der Waals surface area contributed by atoms with Crippen molar-refractivity contribution in [3.63, 3.8) is 0 Å². The topological polar surface area (TPSA) is 69.7 Å². The number of aromatic nitrogens is 2. The van der Waals surface area contributed by atoms with Crippen LogP contribution in [-0.2, 0) is 16.0 Å². The third-order valence-electron chi connectivity index (χ3n) is 4.98. The predicted molar refractivity (Wildman–Crippen MR) is 89.2 cm³/mol. The van der Waals surface area contributed by atoms with Gasteiger partial charge in [-0.25, -0.2) is 0 Å². The van der Waals surface area contributed by atoms with E-state index in [1.807, 2.05) is 29.9 Å². The normalized spacial score (nSPS) is 26.9. The summed E-state index contributed by atoms with van der Waals surface area (Å²) in [5, 5.41) is 4.25. The molecule has 2 unspecified atom stereocenters. The standard InChI is InChI=1S/C18H23N3O4/c1-14-4-9-24-16(14)17(22)20-8-10-23-13-18(12-20)5-3-15(25-18)11-21-7-2-6-19-21/h2,4,6-7,9,15H,3,5,8,10-13H2,1H3. The zero-order valence-corrected chi connectivity index (χ0v) is 14.4. The van der Waals surface area contributed by atoms with Gasteiger partial charge in [-0.2, -0.15) is 5.10 Å². The second-order valence-corrected chi connectivity index (χ2v) is 6.90. The summed E-state index contributed by atoms with van der Waals surface area (Å²) in [6.45, 7) is 4.71. The molecule has 2 aromatic rings. The van der Waals surface area contributed by atoms with Crippen LogP contribution in [0.1, 0.15) is 29.0 Å². The van der Waals surface area contributed by atoms with Crippen LogP contribution in [0, 0.1) is 6.92 Å². The monoisotopic (exact) mass is 345 g/mol. The summed E-state index contributed by atoms with van der Waals surface area (Å²) in [6.07, 6.45) is 7.16. The Bertz CT molecular complexity index is 727. The SMILES string of the molecule is Cc1ccoc1C(=O)N1CCOCC2(CCC(Cn3cccn3)O2)C1. The number of nitrogens with zero attached hydrogens (tertiary/aromatic N) is 3. The molecule has 0 bridgehead atoms. The molecule has 7 nitrogen and oxygen atoms in total. The van der Waals surface area contributed by atoms with Crippen molar-refractivity contribution in [3.8, 4) is 0 Å². The molecule has 2 aromatic heterocycles. The lowest BCUT2D eigenvalue weighted by atomic mass is 10.00. The van der Waals surface area contributed by atoms with Gasteiger partial charge in [0.15, 0.2) is 5.76 Å². The summed E-state index contributed by atoms with van der Waals surface area (Å²) in [5.74, 6) is 0.314. The highest BCUT2D eigenvalue weighted by atomic mass is 16.6. The molecule has 25 heavy (non-hydrogen) atoms. The van der Waals surface area contributed by atoms with Crippen LogP contribution in [0.25, 0.3) is 0 Å². The Morgan fingerprint density at radius 2 is 2.40 bits per heavy atom. The molecular formula is C18H23N3O4. The van der Waals surface area contributed by atoms with E-state index in [1.165, 1.54) is 0 Å². The first-order chi connectivity index (χ1) is 12.2. The molecule has 2 aliphatic rings. The average Bonchev–Trinajstić information content (AvgIpc) is 3.30. The van der Waals surface area contributed by atoms with Gasteiger partial charge in [0.25, 0.3) is 5.91 Å². The molecule has 7 heteroatoms. The molecule has 2 atom stereocenters. The minimum Gasteiger partial charge on any atom is -0.459 e. The van der Waals surface area contributed by atoms with Gasteiger partial charge in [-0.1, -0.05) is 0 Å². The van der Waals surface area contributed by atoms with E-state index in [4.69, 9.17) is 13.9 Å². The third kappa shape index (κ3) is 3.34. The average molecular weight is 345 g/mol. The first kappa shape index (κ1) is 16.4. The van der Waals surface area contributed by atoms with Crippen LogP contribution in [0.5, 0.6) is 0 Å². The molecular weight excluding hydrogens is 322 g/mol.